The van der Waals surface area contributed by atoms with Crippen LogP contribution in [0.25, 0.3) is 0 Å². The second-order valence-corrected chi connectivity index (χ2v) is 5.03. The minimum absolute atomic E-state index is 0.0335. The molecule has 1 aromatic carbocycles. The number of amides is 1. The maximum absolute atomic E-state index is 13.5. The molecule has 0 spiro atoms. The second-order valence-electron chi connectivity index (χ2n) is 4.18. The number of thiazole rings is 1. The maximum Gasteiger partial charge on any atom is 0.311 e. The lowest BCUT2D eigenvalue weighted by molar-refractivity contribution is -0.142. The van der Waals surface area contributed by atoms with Gasteiger partial charge >= 0.3 is 5.97 Å². The van der Waals surface area contributed by atoms with Crippen molar-refractivity contribution in [2.75, 3.05) is 11.9 Å². The molecule has 2 rings (SSSR count). The Balaban J connectivity index is 2.07. The summed E-state index contributed by atoms with van der Waals surface area (Å²) in [7, 11) is 0. The molecule has 1 heterocycles. The number of esters is 1. The minimum Gasteiger partial charge on any atom is -0.466 e. The monoisotopic (exact) mass is 326 g/mol. The van der Waals surface area contributed by atoms with Gasteiger partial charge in [0.25, 0.3) is 5.91 Å². The molecule has 1 aromatic heterocycles. The van der Waals surface area contributed by atoms with Gasteiger partial charge in [0.15, 0.2) is 5.13 Å². The van der Waals surface area contributed by atoms with Gasteiger partial charge in [-0.25, -0.2) is 13.8 Å². The van der Waals surface area contributed by atoms with E-state index in [4.69, 9.17) is 4.74 Å². The van der Waals surface area contributed by atoms with E-state index in [1.807, 2.05) is 0 Å². The number of rotatable bonds is 5. The van der Waals surface area contributed by atoms with Gasteiger partial charge in [-0.05, 0) is 19.1 Å². The molecule has 0 unspecified atom stereocenters. The smallest absolute Gasteiger partial charge is 0.311 e. The third-order valence-corrected chi connectivity index (χ3v) is 3.40. The number of benzene rings is 1. The number of hydrogen-bond donors (Lipinski definition) is 1. The van der Waals surface area contributed by atoms with Crippen LogP contribution in [0.2, 0.25) is 0 Å². The van der Waals surface area contributed by atoms with Gasteiger partial charge in [0.05, 0.1) is 18.7 Å². The van der Waals surface area contributed by atoms with E-state index in [-0.39, 0.29) is 18.2 Å². The first kappa shape index (κ1) is 16.0. The molecule has 116 valence electrons. The van der Waals surface area contributed by atoms with Crippen LogP contribution < -0.4 is 5.32 Å². The molecule has 0 radical (unpaired) electrons. The number of nitrogens with zero attached hydrogens (tertiary/aromatic N) is 1. The highest BCUT2D eigenvalue weighted by Crippen LogP contribution is 2.19. The lowest BCUT2D eigenvalue weighted by Crippen LogP contribution is -2.16. The Bertz CT molecular complexity index is 683. The van der Waals surface area contributed by atoms with Crippen LogP contribution in [0.5, 0.6) is 0 Å². The SMILES string of the molecule is CCOC(=O)Cc1csc(NC(=O)c2c(F)cccc2F)n1. The maximum atomic E-state index is 13.5. The first-order valence-electron chi connectivity index (χ1n) is 6.36. The summed E-state index contributed by atoms with van der Waals surface area (Å²) in [5.74, 6) is -3.29. The minimum atomic E-state index is -0.958. The number of aromatic nitrogens is 1. The Morgan fingerprint density at radius 1 is 1.32 bits per heavy atom. The molecule has 1 N–H and O–H groups in total. The van der Waals surface area contributed by atoms with Gasteiger partial charge in [0, 0.05) is 5.38 Å². The van der Waals surface area contributed by atoms with Crippen molar-refractivity contribution in [3.8, 4) is 0 Å². The number of ether oxygens (including phenoxy) is 1. The average molecular weight is 326 g/mol. The molecule has 1 amide bonds. The van der Waals surface area contributed by atoms with Gasteiger partial charge in [0.2, 0.25) is 0 Å². The van der Waals surface area contributed by atoms with Crippen LogP contribution in [-0.2, 0) is 16.0 Å². The fraction of sp³-hybridized carbons (Fsp3) is 0.214. The summed E-state index contributed by atoms with van der Waals surface area (Å²) in [4.78, 5) is 27.2. The largest absolute Gasteiger partial charge is 0.466 e. The molecule has 0 bridgehead atoms. The van der Waals surface area contributed by atoms with Gasteiger partial charge in [-0.3, -0.25) is 14.9 Å². The highest BCUT2D eigenvalue weighted by Gasteiger charge is 2.18. The van der Waals surface area contributed by atoms with Gasteiger partial charge in [-0.2, -0.15) is 0 Å². The summed E-state index contributed by atoms with van der Waals surface area (Å²) in [6, 6.07) is 3.15. The summed E-state index contributed by atoms with van der Waals surface area (Å²) in [5, 5.41) is 4.01. The Labute approximate surface area is 128 Å². The predicted octanol–water partition coefficient (Wildman–Crippen LogP) is 2.78. The molecule has 0 aliphatic rings. The molecule has 2 aromatic rings. The summed E-state index contributed by atoms with van der Waals surface area (Å²) in [5.41, 5.74) is -0.266. The highest BCUT2D eigenvalue weighted by molar-refractivity contribution is 7.14. The molecule has 0 atom stereocenters. The van der Waals surface area contributed by atoms with Crippen LogP contribution in [0.1, 0.15) is 23.0 Å². The quantitative estimate of drug-likeness (QED) is 0.858. The number of carbonyl (C=O) groups excluding carboxylic acids is 2. The van der Waals surface area contributed by atoms with Gasteiger partial charge in [-0.15, -0.1) is 11.3 Å². The lowest BCUT2D eigenvalue weighted by atomic mass is 10.2. The Morgan fingerprint density at radius 2 is 2.00 bits per heavy atom. The van der Waals surface area contributed by atoms with Crippen molar-refractivity contribution in [3.05, 3.63) is 46.5 Å². The van der Waals surface area contributed by atoms with Crippen LogP contribution in [0.15, 0.2) is 23.6 Å². The zero-order valence-corrected chi connectivity index (χ0v) is 12.4. The van der Waals surface area contributed by atoms with Crippen molar-refractivity contribution in [2.24, 2.45) is 0 Å². The molecule has 0 aliphatic carbocycles. The number of hydrogen-bond acceptors (Lipinski definition) is 5. The van der Waals surface area contributed by atoms with E-state index in [1.165, 1.54) is 6.07 Å². The van der Waals surface area contributed by atoms with E-state index in [2.05, 4.69) is 10.3 Å². The molecule has 5 nitrogen and oxygen atoms in total. The molecule has 8 heteroatoms. The molecule has 22 heavy (non-hydrogen) atoms. The molecule has 0 saturated carbocycles. The summed E-state index contributed by atoms with van der Waals surface area (Å²) in [6.07, 6.45) is -0.0335. The number of halogens is 2. The summed E-state index contributed by atoms with van der Waals surface area (Å²) < 4.78 is 31.7. The Morgan fingerprint density at radius 3 is 2.64 bits per heavy atom. The summed E-state index contributed by atoms with van der Waals surface area (Å²) >= 11 is 1.05. The standard InChI is InChI=1S/C14H12F2N2O3S/c1-2-21-11(19)6-8-7-22-14(17-8)18-13(20)12-9(15)4-3-5-10(12)16/h3-5,7H,2,6H2,1H3,(H,17,18,20). The number of carbonyl (C=O) groups is 2. The Hall–Kier alpha value is -2.35. The lowest BCUT2D eigenvalue weighted by Gasteiger charge is -2.04. The zero-order valence-electron chi connectivity index (χ0n) is 11.6. The average Bonchev–Trinajstić information content (AvgIpc) is 2.85. The third-order valence-electron chi connectivity index (χ3n) is 2.59. The molecule has 0 saturated heterocycles. The van der Waals surface area contributed by atoms with E-state index in [0.717, 1.165) is 23.5 Å². The Kier molecular flexibility index (Phi) is 5.16. The third kappa shape index (κ3) is 3.85. The van der Waals surface area contributed by atoms with Crippen LogP contribution in [-0.4, -0.2) is 23.5 Å². The fourth-order valence-corrected chi connectivity index (χ4v) is 2.39. The van der Waals surface area contributed by atoms with Crippen LogP contribution in [0, 0.1) is 11.6 Å². The van der Waals surface area contributed by atoms with Crippen LogP contribution >= 0.6 is 11.3 Å². The summed E-state index contributed by atoms with van der Waals surface area (Å²) in [6.45, 7) is 1.95. The van der Waals surface area contributed by atoms with Crippen molar-refractivity contribution < 1.29 is 23.1 Å². The van der Waals surface area contributed by atoms with Gasteiger partial charge < -0.3 is 4.74 Å². The zero-order chi connectivity index (χ0) is 16.1. The second kappa shape index (κ2) is 7.08. The first-order chi connectivity index (χ1) is 10.5. The predicted molar refractivity (Wildman–Crippen MR) is 76.8 cm³/mol. The van der Waals surface area contributed by atoms with Crippen molar-refractivity contribution in [1.29, 1.82) is 0 Å². The normalized spacial score (nSPS) is 10.3. The molecular formula is C14H12F2N2O3S. The molecular weight excluding hydrogens is 314 g/mol. The van der Waals surface area contributed by atoms with E-state index in [1.54, 1.807) is 12.3 Å². The van der Waals surface area contributed by atoms with Crippen molar-refractivity contribution in [2.45, 2.75) is 13.3 Å². The van der Waals surface area contributed by atoms with Crippen LogP contribution in [0.3, 0.4) is 0 Å². The van der Waals surface area contributed by atoms with Gasteiger partial charge in [0.1, 0.15) is 17.2 Å². The van der Waals surface area contributed by atoms with E-state index < -0.39 is 29.1 Å². The topological polar surface area (TPSA) is 68.3 Å². The fourth-order valence-electron chi connectivity index (χ4n) is 1.68. The van der Waals surface area contributed by atoms with Gasteiger partial charge in [-0.1, -0.05) is 6.07 Å². The van der Waals surface area contributed by atoms with Crippen LogP contribution in [0.4, 0.5) is 13.9 Å². The molecule has 0 fully saturated rings. The van der Waals surface area contributed by atoms with Crippen molar-refractivity contribution in [3.63, 3.8) is 0 Å². The molecule has 0 aliphatic heterocycles. The highest BCUT2D eigenvalue weighted by atomic mass is 32.1. The van der Waals surface area contributed by atoms with Crippen molar-refractivity contribution in [1.82, 2.24) is 4.98 Å². The number of anilines is 1. The van der Waals surface area contributed by atoms with Crippen molar-refractivity contribution >= 4 is 28.3 Å². The van der Waals surface area contributed by atoms with E-state index in [0.29, 0.717) is 5.69 Å². The first-order valence-corrected chi connectivity index (χ1v) is 7.24. The van der Waals surface area contributed by atoms with E-state index >= 15 is 0 Å². The number of nitrogens with one attached hydrogen (secondary N) is 1. The van der Waals surface area contributed by atoms with E-state index in [9.17, 15) is 18.4 Å².